The van der Waals surface area contributed by atoms with Crippen molar-refractivity contribution in [3.8, 4) is 22.8 Å². The molecular weight excluding hydrogens is 645 g/mol. The first-order valence-electron chi connectivity index (χ1n) is 17.8. The van der Waals surface area contributed by atoms with Crippen molar-refractivity contribution in [1.82, 2.24) is 34.8 Å². The van der Waals surface area contributed by atoms with E-state index in [1.54, 1.807) is 12.3 Å². The van der Waals surface area contributed by atoms with Crippen LogP contribution < -0.4 is 15.4 Å². The van der Waals surface area contributed by atoms with Crippen LogP contribution in [0, 0.1) is 12.7 Å². The summed E-state index contributed by atoms with van der Waals surface area (Å²) in [7, 11) is 2.18. The molecule has 5 aromatic rings. The van der Waals surface area contributed by atoms with Gasteiger partial charge in [-0.05, 0) is 106 Å². The van der Waals surface area contributed by atoms with Crippen LogP contribution in [0.25, 0.3) is 16.8 Å². The molecule has 4 heterocycles. The van der Waals surface area contributed by atoms with Crippen LogP contribution in [0.1, 0.15) is 64.2 Å². The maximum atomic E-state index is 14.4. The lowest BCUT2D eigenvalue weighted by atomic mass is 9.91. The zero-order valence-corrected chi connectivity index (χ0v) is 29.1. The van der Waals surface area contributed by atoms with E-state index >= 15 is 0 Å². The molecule has 2 aromatic carbocycles. The Morgan fingerprint density at radius 3 is 2.37 bits per heavy atom. The van der Waals surface area contributed by atoms with Crippen LogP contribution >= 0.6 is 0 Å². The largest absolute Gasteiger partial charge is 0.438 e. The fraction of sp³-hybridized carbons (Fsp3) is 0.350. The van der Waals surface area contributed by atoms with Gasteiger partial charge in [0.2, 0.25) is 5.88 Å². The third-order valence-electron chi connectivity index (χ3n) is 9.94. The highest BCUT2D eigenvalue weighted by Crippen LogP contribution is 2.29. The fourth-order valence-electron chi connectivity index (χ4n) is 7.00. The molecule has 1 saturated carbocycles. The second kappa shape index (κ2) is 15.4. The van der Waals surface area contributed by atoms with Gasteiger partial charge in [0, 0.05) is 43.6 Å². The first-order chi connectivity index (χ1) is 24.8. The molecule has 10 nitrogen and oxygen atoms in total. The van der Waals surface area contributed by atoms with Crippen LogP contribution in [0.4, 0.5) is 4.39 Å². The maximum absolute atomic E-state index is 14.4. The molecule has 2 amide bonds. The average Bonchev–Trinajstić information content (AvgIpc) is 3.48. The van der Waals surface area contributed by atoms with Gasteiger partial charge in [-0.15, -0.1) is 0 Å². The summed E-state index contributed by atoms with van der Waals surface area (Å²) >= 11 is 0. The smallest absolute Gasteiger partial charge is 0.271 e. The average molecular weight is 690 g/mol. The topological polar surface area (TPSA) is 104 Å². The highest BCUT2D eigenvalue weighted by atomic mass is 19.1. The Balaban J connectivity index is 0.948. The molecule has 0 unspecified atom stereocenters. The van der Waals surface area contributed by atoms with Crippen molar-refractivity contribution in [3.05, 3.63) is 114 Å². The summed E-state index contributed by atoms with van der Waals surface area (Å²) in [5, 5.41) is 6.13. The molecule has 2 fully saturated rings. The quantitative estimate of drug-likeness (QED) is 0.189. The van der Waals surface area contributed by atoms with E-state index in [2.05, 4.69) is 61.7 Å². The number of aromatic nitrogens is 3. The van der Waals surface area contributed by atoms with Gasteiger partial charge in [0.15, 0.2) is 0 Å². The van der Waals surface area contributed by atoms with Crippen molar-refractivity contribution < 1.29 is 18.7 Å². The number of nitrogens with zero attached hydrogens (tertiary/aromatic N) is 5. The number of hydrogen-bond acceptors (Lipinski definition) is 7. The third kappa shape index (κ3) is 8.44. The number of rotatable bonds is 9. The minimum absolute atomic E-state index is 0.0297. The Bertz CT molecular complexity index is 2010. The number of imidazole rings is 1. The summed E-state index contributed by atoms with van der Waals surface area (Å²) in [5.41, 5.74) is 5.42. The Hall–Kier alpha value is -5.13. The Labute approximate surface area is 297 Å². The van der Waals surface area contributed by atoms with E-state index in [1.165, 1.54) is 12.0 Å². The number of carbonyl (C=O) groups excluding carboxylic acids is 2. The van der Waals surface area contributed by atoms with E-state index in [0.29, 0.717) is 37.1 Å². The summed E-state index contributed by atoms with van der Waals surface area (Å²) < 4.78 is 22.4. The lowest BCUT2D eigenvalue weighted by Crippen LogP contribution is -2.44. The van der Waals surface area contributed by atoms with E-state index in [-0.39, 0.29) is 29.4 Å². The number of likely N-dealkylation sites (N-methyl/N-ethyl adjacent to an activating group) is 1. The van der Waals surface area contributed by atoms with Crippen LogP contribution in [0.15, 0.2) is 85.2 Å². The first-order valence-corrected chi connectivity index (χ1v) is 17.8. The Morgan fingerprint density at radius 1 is 0.863 bits per heavy atom. The summed E-state index contributed by atoms with van der Waals surface area (Å²) in [6, 6.07) is 22.9. The molecule has 1 aliphatic carbocycles. The molecule has 1 aliphatic heterocycles. The minimum Gasteiger partial charge on any atom is -0.438 e. The molecule has 11 heteroatoms. The van der Waals surface area contributed by atoms with Crippen molar-refractivity contribution in [1.29, 1.82) is 0 Å². The number of hydrogen-bond donors (Lipinski definition) is 2. The van der Waals surface area contributed by atoms with Crippen molar-refractivity contribution >= 4 is 17.5 Å². The molecule has 2 aliphatic rings. The van der Waals surface area contributed by atoms with E-state index in [0.717, 1.165) is 67.5 Å². The van der Waals surface area contributed by atoms with Gasteiger partial charge in [-0.3, -0.25) is 14.5 Å². The van der Waals surface area contributed by atoms with E-state index in [9.17, 15) is 14.0 Å². The van der Waals surface area contributed by atoms with Crippen molar-refractivity contribution in [2.24, 2.45) is 0 Å². The number of nitrogens with one attached hydrogen (secondary N) is 2. The number of pyridine rings is 2. The zero-order chi connectivity index (χ0) is 35.3. The molecule has 51 heavy (non-hydrogen) atoms. The van der Waals surface area contributed by atoms with Gasteiger partial charge in [0.25, 0.3) is 11.8 Å². The number of ether oxygens (including phenoxy) is 1. The van der Waals surface area contributed by atoms with E-state index in [4.69, 9.17) is 4.74 Å². The van der Waals surface area contributed by atoms with Crippen LogP contribution in [0.5, 0.6) is 11.6 Å². The number of aryl methyl sites for hydroxylation is 1. The third-order valence-corrected chi connectivity index (χ3v) is 9.94. The van der Waals surface area contributed by atoms with Gasteiger partial charge < -0.3 is 24.7 Å². The molecule has 2 N–H and O–H groups in total. The van der Waals surface area contributed by atoms with Crippen LogP contribution in [0.2, 0.25) is 0 Å². The predicted octanol–water partition coefficient (Wildman–Crippen LogP) is 6.24. The number of amides is 2. The second-order valence-corrected chi connectivity index (χ2v) is 13.8. The molecule has 264 valence electrons. The number of fused-ring (bicyclic) bond motifs is 1. The normalized spacial score (nSPS) is 18.6. The van der Waals surface area contributed by atoms with Gasteiger partial charge in [-0.1, -0.05) is 42.5 Å². The number of carbonyl (C=O) groups is 2. The molecule has 3 aromatic heterocycles. The molecule has 0 radical (unpaired) electrons. The predicted molar refractivity (Wildman–Crippen MR) is 194 cm³/mol. The van der Waals surface area contributed by atoms with E-state index < -0.39 is 11.7 Å². The van der Waals surface area contributed by atoms with Gasteiger partial charge in [0.1, 0.15) is 28.5 Å². The summed E-state index contributed by atoms with van der Waals surface area (Å²) in [5.74, 6) is -0.756. The molecule has 7 rings (SSSR count). The lowest BCUT2D eigenvalue weighted by Gasteiger charge is -2.29. The van der Waals surface area contributed by atoms with Gasteiger partial charge in [-0.2, -0.15) is 0 Å². The molecule has 0 spiro atoms. The first kappa shape index (κ1) is 34.3. The van der Waals surface area contributed by atoms with Crippen molar-refractivity contribution in [3.63, 3.8) is 0 Å². The zero-order valence-electron chi connectivity index (χ0n) is 29.1. The standard InChI is InChI=1S/C40H44FN7O3/c1-27-6-3-9-37-45-36(26-48(27)37)39(50)44-33-16-14-32(15-17-33)43-38(49)35-23-31(41)24-42-40(35)51-34-8-4-7-30(22-34)29-12-10-28(11-13-29)25-47-19-5-18-46(2)20-21-47/h3-4,6-13,22-24,26,32-33H,5,14-21,25H2,1-2H3,(H,43,49)(H,44,50)/t32-,33-. The Morgan fingerprint density at radius 2 is 1.61 bits per heavy atom. The van der Waals surface area contributed by atoms with Gasteiger partial charge >= 0.3 is 0 Å². The molecule has 0 atom stereocenters. The summed E-state index contributed by atoms with van der Waals surface area (Å²) in [6.45, 7) is 7.31. The monoisotopic (exact) mass is 689 g/mol. The fourth-order valence-corrected chi connectivity index (χ4v) is 7.00. The lowest BCUT2D eigenvalue weighted by molar-refractivity contribution is 0.0888. The van der Waals surface area contributed by atoms with Crippen molar-refractivity contribution in [2.75, 3.05) is 33.2 Å². The number of benzene rings is 2. The van der Waals surface area contributed by atoms with Crippen LogP contribution in [0.3, 0.4) is 0 Å². The highest BCUT2D eigenvalue weighted by molar-refractivity contribution is 5.96. The maximum Gasteiger partial charge on any atom is 0.271 e. The van der Waals surface area contributed by atoms with Crippen molar-refractivity contribution in [2.45, 2.75) is 57.7 Å². The van der Waals surface area contributed by atoms with Crippen LogP contribution in [-0.2, 0) is 6.54 Å². The number of halogens is 1. The molecule has 1 saturated heterocycles. The Kier molecular flexibility index (Phi) is 10.4. The summed E-state index contributed by atoms with van der Waals surface area (Å²) in [6.07, 6.45) is 6.70. The van der Waals surface area contributed by atoms with Gasteiger partial charge in [0.05, 0.1) is 6.20 Å². The van der Waals surface area contributed by atoms with E-state index in [1.807, 2.05) is 47.7 Å². The molecular formula is C40H44FN7O3. The van der Waals surface area contributed by atoms with Gasteiger partial charge in [-0.25, -0.2) is 14.4 Å². The molecule has 0 bridgehead atoms. The highest BCUT2D eigenvalue weighted by Gasteiger charge is 2.26. The SMILES string of the molecule is Cc1cccc2nc(C(=O)N[C@H]3CC[C@H](NC(=O)c4cc(F)cnc4Oc4cccc(-c5ccc(CN6CCCN(C)CC6)cc5)c4)CC3)cn12. The summed E-state index contributed by atoms with van der Waals surface area (Å²) in [4.78, 5) is 39.9. The second-order valence-electron chi connectivity index (χ2n) is 13.8. The minimum atomic E-state index is -0.623. The van der Waals surface area contributed by atoms with Crippen LogP contribution in [-0.4, -0.2) is 81.3 Å².